The van der Waals surface area contributed by atoms with Crippen LogP contribution >= 0.6 is 12.6 Å². The number of piperidine rings is 1. The van der Waals surface area contributed by atoms with Gasteiger partial charge in [-0.15, -0.1) is 0 Å². The molecule has 0 N–H and O–H groups in total. The second-order valence-corrected chi connectivity index (χ2v) is 3.72. The van der Waals surface area contributed by atoms with Crippen LogP contribution in [0.4, 0.5) is 0 Å². The maximum Gasteiger partial charge on any atom is 0.0414 e. The highest BCUT2D eigenvalue weighted by molar-refractivity contribution is 7.80. The summed E-state index contributed by atoms with van der Waals surface area (Å²) < 4.78 is 0. The van der Waals surface area contributed by atoms with Gasteiger partial charge in [-0.3, -0.25) is 4.90 Å². The minimum absolute atomic E-state index is 0.767. The van der Waals surface area contributed by atoms with E-state index in [1.165, 1.54) is 25.9 Å². The van der Waals surface area contributed by atoms with E-state index in [9.17, 15) is 0 Å². The molecule has 66 valence electrons. The number of rotatable bonds is 2. The molecule has 0 atom stereocenters. The summed E-state index contributed by atoms with van der Waals surface area (Å²) in [5, 5.41) is 0. The smallest absolute Gasteiger partial charge is 0.0414 e. The van der Waals surface area contributed by atoms with E-state index in [1.807, 2.05) is 0 Å². The molecule has 1 fully saturated rings. The van der Waals surface area contributed by atoms with Crippen molar-refractivity contribution in [2.24, 2.45) is 0 Å². The van der Waals surface area contributed by atoms with Crippen LogP contribution in [0.15, 0.2) is 0 Å². The standard InChI is InChI=1S/C8H18N2S/c1-9-5-3-8(4-6-9)10(2)7-11/h8,11H,3-7H2,1-2H3. The van der Waals surface area contributed by atoms with Crippen molar-refractivity contribution >= 4 is 12.6 Å². The largest absolute Gasteiger partial charge is 0.306 e. The Bertz CT molecular complexity index is 111. The maximum absolute atomic E-state index is 4.26. The minimum atomic E-state index is 0.767. The average molecular weight is 174 g/mol. The Morgan fingerprint density at radius 3 is 2.45 bits per heavy atom. The third-order valence-corrected chi connectivity index (χ3v) is 2.98. The normalized spacial score (nSPS) is 22.9. The molecule has 0 spiro atoms. The van der Waals surface area contributed by atoms with E-state index in [4.69, 9.17) is 0 Å². The zero-order valence-electron chi connectivity index (χ0n) is 7.45. The molecule has 0 bridgehead atoms. The van der Waals surface area contributed by atoms with Gasteiger partial charge in [0.05, 0.1) is 0 Å². The third kappa shape index (κ3) is 2.65. The first-order chi connectivity index (χ1) is 5.24. The van der Waals surface area contributed by atoms with Crippen molar-refractivity contribution in [1.82, 2.24) is 9.80 Å². The summed E-state index contributed by atoms with van der Waals surface area (Å²) in [4.78, 5) is 4.72. The van der Waals surface area contributed by atoms with Crippen molar-refractivity contribution < 1.29 is 0 Å². The quantitative estimate of drug-likeness (QED) is 0.491. The van der Waals surface area contributed by atoms with Crippen molar-refractivity contribution in [3.8, 4) is 0 Å². The van der Waals surface area contributed by atoms with Crippen molar-refractivity contribution in [2.75, 3.05) is 33.1 Å². The lowest BCUT2D eigenvalue weighted by Crippen LogP contribution is -2.41. The molecule has 3 heteroatoms. The number of likely N-dealkylation sites (tertiary alicyclic amines) is 1. The van der Waals surface area contributed by atoms with Gasteiger partial charge in [-0.05, 0) is 40.0 Å². The Hall–Kier alpha value is 0.270. The lowest BCUT2D eigenvalue weighted by molar-refractivity contribution is 0.161. The summed E-state index contributed by atoms with van der Waals surface area (Å²) in [5.41, 5.74) is 0. The minimum Gasteiger partial charge on any atom is -0.306 e. The van der Waals surface area contributed by atoms with Crippen LogP contribution in [0, 0.1) is 0 Å². The van der Waals surface area contributed by atoms with E-state index < -0.39 is 0 Å². The van der Waals surface area contributed by atoms with Crippen LogP contribution in [0.5, 0.6) is 0 Å². The molecule has 0 amide bonds. The molecule has 0 aromatic heterocycles. The number of thiol groups is 1. The predicted molar refractivity (Wildman–Crippen MR) is 52.1 cm³/mol. The molecule has 0 unspecified atom stereocenters. The van der Waals surface area contributed by atoms with Gasteiger partial charge >= 0.3 is 0 Å². The number of hydrogen-bond acceptors (Lipinski definition) is 3. The first-order valence-corrected chi connectivity index (χ1v) is 4.87. The summed E-state index contributed by atoms with van der Waals surface area (Å²) in [6, 6.07) is 0.767. The van der Waals surface area contributed by atoms with E-state index in [1.54, 1.807) is 0 Å². The Balaban J connectivity index is 2.27. The second kappa shape index (κ2) is 4.33. The lowest BCUT2D eigenvalue weighted by atomic mass is 10.1. The highest BCUT2D eigenvalue weighted by atomic mass is 32.1. The van der Waals surface area contributed by atoms with Crippen LogP contribution < -0.4 is 0 Å². The van der Waals surface area contributed by atoms with Crippen LogP contribution in [-0.4, -0.2) is 48.9 Å². The van der Waals surface area contributed by atoms with Gasteiger partial charge in [0.1, 0.15) is 0 Å². The summed E-state index contributed by atoms with van der Waals surface area (Å²) in [7, 11) is 4.35. The zero-order chi connectivity index (χ0) is 8.27. The van der Waals surface area contributed by atoms with Gasteiger partial charge in [0.2, 0.25) is 0 Å². The molecule has 0 saturated carbocycles. The highest BCUT2D eigenvalue weighted by Gasteiger charge is 2.18. The van der Waals surface area contributed by atoms with Gasteiger partial charge in [0.15, 0.2) is 0 Å². The third-order valence-electron chi connectivity index (χ3n) is 2.53. The molecular formula is C8H18N2S. The van der Waals surface area contributed by atoms with E-state index in [0.717, 1.165) is 11.9 Å². The van der Waals surface area contributed by atoms with Crippen LogP contribution in [0.25, 0.3) is 0 Å². The number of nitrogens with zero attached hydrogens (tertiary/aromatic N) is 2. The Morgan fingerprint density at radius 2 is 2.00 bits per heavy atom. The van der Waals surface area contributed by atoms with Gasteiger partial charge in [-0.25, -0.2) is 0 Å². The monoisotopic (exact) mass is 174 g/mol. The van der Waals surface area contributed by atoms with Gasteiger partial charge in [-0.1, -0.05) is 0 Å². The molecule has 1 rings (SSSR count). The Labute approximate surface area is 75.0 Å². The first-order valence-electron chi connectivity index (χ1n) is 4.23. The second-order valence-electron chi connectivity index (χ2n) is 3.43. The van der Waals surface area contributed by atoms with Crippen molar-refractivity contribution in [2.45, 2.75) is 18.9 Å². The van der Waals surface area contributed by atoms with Gasteiger partial charge in [0.25, 0.3) is 0 Å². The first kappa shape index (κ1) is 9.36. The van der Waals surface area contributed by atoms with Gasteiger partial charge < -0.3 is 4.90 Å². The van der Waals surface area contributed by atoms with Gasteiger partial charge in [-0.2, -0.15) is 12.6 Å². The summed E-state index contributed by atoms with van der Waals surface area (Å²) in [5.74, 6) is 0.883. The van der Waals surface area contributed by atoms with E-state index in [2.05, 4.69) is 36.5 Å². The van der Waals surface area contributed by atoms with Crippen LogP contribution in [0.2, 0.25) is 0 Å². The average Bonchev–Trinajstić information content (AvgIpc) is 2.05. The molecular weight excluding hydrogens is 156 g/mol. The molecule has 0 aromatic carbocycles. The zero-order valence-corrected chi connectivity index (χ0v) is 8.35. The summed E-state index contributed by atoms with van der Waals surface area (Å²) in [6.07, 6.45) is 2.60. The molecule has 1 saturated heterocycles. The fourth-order valence-corrected chi connectivity index (χ4v) is 1.78. The van der Waals surface area contributed by atoms with E-state index >= 15 is 0 Å². The van der Waals surface area contributed by atoms with E-state index in [-0.39, 0.29) is 0 Å². The highest BCUT2D eigenvalue weighted by Crippen LogP contribution is 2.13. The molecule has 1 aliphatic heterocycles. The lowest BCUT2D eigenvalue weighted by Gasteiger charge is -2.34. The molecule has 1 aliphatic rings. The molecule has 0 aliphatic carbocycles. The predicted octanol–water partition coefficient (Wildman–Crippen LogP) is 0.900. The maximum atomic E-state index is 4.26. The van der Waals surface area contributed by atoms with E-state index in [0.29, 0.717) is 0 Å². The molecule has 1 heterocycles. The van der Waals surface area contributed by atoms with Crippen LogP contribution in [0.1, 0.15) is 12.8 Å². The topological polar surface area (TPSA) is 6.48 Å². The van der Waals surface area contributed by atoms with Crippen LogP contribution in [0.3, 0.4) is 0 Å². The fourth-order valence-electron chi connectivity index (χ4n) is 1.55. The fraction of sp³-hybridized carbons (Fsp3) is 1.00. The van der Waals surface area contributed by atoms with Crippen molar-refractivity contribution in [3.05, 3.63) is 0 Å². The van der Waals surface area contributed by atoms with Crippen LogP contribution in [-0.2, 0) is 0 Å². The van der Waals surface area contributed by atoms with Crippen molar-refractivity contribution in [1.29, 1.82) is 0 Å². The molecule has 2 nitrogen and oxygen atoms in total. The summed E-state index contributed by atoms with van der Waals surface area (Å²) in [6.45, 7) is 2.48. The Kier molecular flexibility index (Phi) is 3.69. The molecule has 11 heavy (non-hydrogen) atoms. The van der Waals surface area contributed by atoms with Gasteiger partial charge in [0, 0.05) is 11.9 Å². The van der Waals surface area contributed by atoms with Crippen molar-refractivity contribution in [3.63, 3.8) is 0 Å². The number of hydrogen-bond donors (Lipinski definition) is 1. The molecule has 0 radical (unpaired) electrons. The Morgan fingerprint density at radius 1 is 1.45 bits per heavy atom. The SMILES string of the molecule is CN1CCC(N(C)CS)CC1. The summed E-state index contributed by atoms with van der Waals surface area (Å²) >= 11 is 4.26. The molecule has 0 aromatic rings.